The van der Waals surface area contributed by atoms with E-state index in [0.717, 1.165) is 9.99 Å². The minimum Gasteiger partial charge on any atom is -0.271 e. The molecule has 0 fully saturated rings. The van der Waals surface area contributed by atoms with Crippen LogP contribution in [0.15, 0.2) is 24.3 Å². The van der Waals surface area contributed by atoms with Gasteiger partial charge >= 0.3 is 0 Å². The van der Waals surface area contributed by atoms with Gasteiger partial charge in [-0.25, -0.2) is 0 Å². The van der Waals surface area contributed by atoms with Gasteiger partial charge in [0.25, 0.3) is 10.2 Å². The number of hydrogen-bond acceptors (Lipinski definition) is 2. The second-order valence-corrected chi connectivity index (χ2v) is 5.75. The molecule has 0 amide bonds. The zero-order valence-corrected chi connectivity index (χ0v) is 11.3. The smallest absolute Gasteiger partial charge is 0.271 e. The Bertz CT molecular complexity index is 403. The van der Waals surface area contributed by atoms with Crippen LogP contribution in [-0.2, 0) is 10.2 Å². The summed E-state index contributed by atoms with van der Waals surface area (Å²) in [7, 11) is -3.41. The SMILES string of the molecule is CCCNS(=O)(=O)Nc1ccc(I)cc1. The molecule has 0 heterocycles. The first-order valence-corrected chi connectivity index (χ1v) is 7.12. The molecule has 1 aromatic rings. The van der Waals surface area contributed by atoms with Crippen molar-refractivity contribution in [3.63, 3.8) is 0 Å². The van der Waals surface area contributed by atoms with E-state index in [2.05, 4.69) is 32.0 Å². The van der Waals surface area contributed by atoms with E-state index in [9.17, 15) is 8.42 Å². The number of nitrogens with one attached hydrogen (secondary N) is 2. The van der Waals surface area contributed by atoms with Gasteiger partial charge in [0.15, 0.2) is 0 Å². The van der Waals surface area contributed by atoms with Crippen molar-refractivity contribution in [3.05, 3.63) is 27.8 Å². The summed E-state index contributed by atoms with van der Waals surface area (Å²) in [5, 5.41) is 0. The summed E-state index contributed by atoms with van der Waals surface area (Å²) >= 11 is 2.16. The van der Waals surface area contributed by atoms with Crippen LogP contribution in [-0.4, -0.2) is 15.0 Å². The average Bonchev–Trinajstić information content (AvgIpc) is 2.18. The lowest BCUT2D eigenvalue weighted by Crippen LogP contribution is -2.30. The molecule has 2 N–H and O–H groups in total. The van der Waals surface area contributed by atoms with Crippen LogP contribution < -0.4 is 9.44 Å². The molecule has 4 nitrogen and oxygen atoms in total. The summed E-state index contributed by atoms with van der Waals surface area (Å²) in [5.41, 5.74) is 0.569. The van der Waals surface area contributed by atoms with Crippen LogP contribution in [0.1, 0.15) is 13.3 Å². The van der Waals surface area contributed by atoms with Crippen molar-refractivity contribution in [3.8, 4) is 0 Å². The first-order chi connectivity index (χ1) is 7.03. The van der Waals surface area contributed by atoms with Gasteiger partial charge in [0.1, 0.15) is 0 Å². The van der Waals surface area contributed by atoms with Crippen LogP contribution >= 0.6 is 22.6 Å². The second kappa shape index (κ2) is 5.66. The van der Waals surface area contributed by atoms with E-state index >= 15 is 0 Å². The van der Waals surface area contributed by atoms with Gasteiger partial charge in [-0.05, 0) is 53.3 Å². The molecule has 0 saturated carbocycles. The highest BCUT2D eigenvalue weighted by Crippen LogP contribution is 2.11. The van der Waals surface area contributed by atoms with E-state index < -0.39 is 10.2 Å². The highest BCUT2D eigenvalue weighted by molar-refractivity contribution is 14.1. The predicted molar refractivity (Wildman–Crippen MR) is 70.0 cm³/mol. The van der Waals surface area contributed by atoms with E-state index in [1.807, 2.05) is 19.1 Å². The number of benzene rings is 1. The van der Waals surface area contributed by atoms with E-state index in [-0.39, 0.29) is 0 Å². The summed E-state index contributed by atoms with van der Waals surface area (Å²) in [5.74, 6) is 0. The molecule has 0 atom stereocenters. The van der Waals surface area contributed by atoms with Crippen molar-refractivity contribution in [2.45, 2.75) is 13.3 Å². The number of halogens is 1. The fourth-order valence-corrected chi connectivity index (χ4v) is 2.30. The molecular formula is C9H13IN2O2S. The highest BCUT2D eigenvalue weighted by atomic mass is 127. The molecule has 0 aliphatic heterocycles. The molecule has 6 heteroatoms. The van der Waals surface area contributed by atoms with Crippen molar-refractivity contribution in [1.82, 2.24) is 4.72 Å². The monoisotopic (exact) mass is 340 g/mol. The summed E-state index contributed by atoms with van der Waals surface area (Å²) < 4.78 is 28.8. The highest BCUT2D eigenvalue weighted by Gasteiger charge is 2.07. The maximum Gasteiger partial charge on any atom is 0.299 e. The van der Waals surface area contributed by atoms with Gasteiger partial charge in [0.05, 0.1) is 0 Å². The van der Waals surface area contributed by atoms with Crippen molar-refractivity contribution < 1.29 is 8.42 Å². The summed E-state index contributed by atoms with van der Waals surface area (Å²) in [6.45, 7) is 2.35. The van der Waals surface area contributed by atoms with Crippen molar-refractivity contribution in [2.75, 3.05) is 11.3 Å². The van der Waals surface area contributed by atoms with Gasteiger partial charge in [-0.1, -0.05) is 6.92 Å². The normalized spacial score (nSPS) is 11.3. The zero-order chi connectivity index (χ0) is 11.3. The van der Waals surface area contributed by atoms with E-state index in [4.69, 9.17) is 0 Å². The number of hydrogen-bond donors (Lipinski definition) is 2. The molecule has 0 spiro atoms. The van der Waals surface area contributed by atoms with Crippen LogP contribution in [0, 0.1) is 3.57 Å². The molecule has 0 unspecified atom stereocenters. The molecule has 0 aliphatic rings. The van der Waals surface area contributed by atoms with Gasteiger partial charge in [0, 0.05) is 15.8 Å². The van der Waals surface area contributed by atoms with Gasteiger partial charge in [-0.2, -0.15) is 13.1 Å². The summed E-state index contributed by atoms with van der Waals surface area (Å²) in [6, 6.07) is 7.15. The minimum atomic E-state index is -3.41. The molecule has 84 valence electrons. The Morgan fingerprint density at radius 2 is 1.87 bits per heavy atom. The minimum absolute atomic E-state index is 0.444. The van der Waals surface area contributed by atoms with Gasteiger partial charge in [-0.3, -0.25) is 4.72 Å². The summed E-state index contributed by atoms with van der Waals surface area (Å²) in [6.07, 6.45) is 0.771. The fourth-order valence-electron chi connectivity index (χ4n) is 0.946. The number of anilines is 1. The molecule has 0 aliphatic carbocycles. The van der Waals surface area contributed by atoms with Crippen molar-refractivity contribution in [2.24, 2.45) is 0 Å². The Morgan fingerprint density at radius 3 is 2.40 bits per heavy atom. The third kappa shape index (κ3) is 4.80. The Kier molecular flexibility index (Phi) is 4.81. The fraction of sp³-hybridized carbons (Fsp3) is 0.333. The average molecular weight is 340 g/mol. The van der Waals surface area contributed by atoms with Gasteiger partial charge in [-0.15, -0.1) is 0 Å². The van der Waals surface area contributed by atoms with Crippen LogP contribution in [0.4, 0.5) is 5.69 Å². The van der Waals surface area contributed by atoms with Crippen molar-refractivity contribution in [1.29, 1.82) is 0 Å². The van der Waals surface area contributed by atoms with Gasteiger partial charge < -0.3 is 0 Å². The molecule has 1 aromatic carbocycles. The largest absolute Gasteiger partial charge is 0.299 e. The second-order valence-electron chi connectivity index (χ2n) is 3.01. The van der Waals surface area contributed by atoms with Crippen LogP contribution in [0.5, 0.6) is 0 Å². The lowest BCUT2D eigenvalue weighted by molar-refractivity contribution is 0.586. The standard InChI is InChI=1S/C9H13IN2O2S/c1-2-7-11-15(13,14)12-9-5-3-8(10)4-6-9/h3-6,11-12H,2,7H2,1H3. The number of rotatable bonds is 5. The van der Waals surface area contributed by atoms with Gasteiger partial charge in [0.2, 0.25) is 0 Å². The molecule has 15 heavy (non-hydrogen) atoms. The van der Waals surface area contributed by atoms with E-state index in [1.54, 1.807) is 12.1 Å². The lowest BCUT2D eigenvalue weighted by Gasteiger charge is -2.08. The van der Waals surface area contributed by atoms with Crippen LogP contribution in [0.2, 0.25) is 0 Å². The predicted octanol–water partition coefficient (Wildman–Crippen LogP) is 1.95. The molecule has 1 rings (SSSR count). The van der Waals surface area contributed by atoms with E-state index in [0.29, 0.717) is 12.2 Å². The first kappa shape index (κ1) is 12.7. The maximum atomic E-state index is 11.4. The summed E-state index contributed by atoms with van der Waals surface area (Å²) in [4.78, 5) is 0. The van der Waals surface area contributed by atoms with Crippen molar-refractivity contribution >= 4 is 38.5 Å². The Hall–Kier alpha value is -0.340. The van der Waals surface area contributed by atoms with E-state index in [1.165, 1.54) is 0 Å². The lowest BCUT2D eigenvalue weighted by atomic mass is 10.3. The Balaban J connectivity index is 2.65. The third-order valence-electron chi connectivity index (χ3n) is 1.64. The zero-order valence-electron chi connectivity index (χ0n) is 8.33. The third-order valence-corrected chi connectivity index (χ3v) is 3.45. The quantitative estimate of drug-likeness (QED) is 0.805. The molecule has 0 radical (unpaired) electrons. The molecule has 0 bridgehead atoms. The Labute approximate surface area is 104 Å². The molecular weight excluding hydrogens is 327 g/mol. The molecule has 0 saturated heterocycles. The Morgan fingerprint density at radius 1 is 1.27 bits per heavy atom. The van der Waals surface area contributed by atoms with Crippen LogP contribution in [0.3, 0.4) is 0 Å². The molecule has 0 aromatic heterocycles. The topological polar surface area (TPSA) is 58.2 Å². The maximum absolute atomic E-state index is 11.4. The van der Waals surface area contributed by atoms with Crippen LogP contribution in [0.25, 0.3) is 0 Å². The first-order valence-electron chi connectivity index (χ1n) is 4.56.